The van der Waals surface area contributed by atoms with Crippen molar-refractivity contribution in [2.75, 3.05) is 11.9 Å². The van der Waals surface area contributed by atoms with Gasteiger partial charge in [0.15, 0.2) is 0 Å². The van der Waals surface area contributed by atoms with Crippen LogP contribution in [0.25, 0.3) is 0 Å². The Hall–Kier alpha value is -1.95. The minimum Gasteiger partial charge on any atom is -0.322 e. The summed E-state index contributed by atoms with van der Waals surface area (Å²) in [6.07, 6.45) is 3.23. The Morgan fingerprint density at radius 3 is 2.43 bits per heavy atom. The van der Waals surface area contributed by atoms with Crippen molar-refractivity contribution >= 4 is 35.0 Å². The van der Waals surface area contributed by atoms with Gasteiger partial charge < -0.3 is 5.32 Å². The molecule has 2 atom stereocenters. The number of nitrogens with zero attached hydrogens (tertiary/aromatic N) is 1. The molecule has 122 valence electrons. The molecule has 2 aliphatic rings. The van der Waals surface area contributed by atoms with Crippen LogP contribution in [-0.2, 0) is 14.4 Å². The van der Waals surface area contributed by atoms with E-state index in [-0.39, 0.29) is 34.4 Å². The zero-order valence-corrected chi connectivity index (χ0v) is 13.1. The number of halogens is 2. The molecule has 1 aromatic carbocycles. The zero-order valence-electron chi connectivity index (χ0n) is 12.4. The first-order valence-electron chi connectivity index (χ1n) is 7.57. The monoisotopic (exact) mass is 338 g/mol. The third-order valence-electron chi connectivity index (χ3n) is 4.44. The lowest BCUT2D eigenvalue weighted by molar-refractivity contribution is -0.142. The molecule has 3 rings (SSSR count). The summed E-state index contributed by atoms with van der Waals surface area (Å²) >= 11 is 5.76. The molecule has 1 aromatic rings. The summed E-state index contributed by atoms with van der Waals surface area (Å²) in [7, 11) is 0. The summed E-state index contributed by atoms with van der Waals surface area (Å²) in [5.41, 5.74) is -0.0704. The predicted octanol–water partition coefficient (Wildman–Crippen LogP) is 2.59. The number of benzene rings is 1. The number of imide groups is 1. The molecule has 0 radical (unpaired) electrons. The first-order valence-corrected chi connectivity index (χ1v) is 7.95. The Labute approximate surface area is 137 Å². The number of carbonyl (C=O) groups excluding carboxylic acids is 3. The lowest BCUT2D eigenvalue weighted by atomic mass is 9.81. The van der Waals surface area contributed by atoms with Crippen molar-refractivity contribution in [2.45, 2.75) is 25.7 Å². The van der Waals surface area contributed by atoms with Crippen molar-refractivity contribution in [1.82, 2.24) is 4.90 Å². The van der Waals surface area contributed by atoms with Crippen LogP contribution in [0.15, 0.2) is 18.2 Å². The van der Waals surface area contributed by atoms with Crippen LogP contribution in [0.1, 0.15) is 25.7 Å². The van der Waals surface area contributed by atoms with Gasteiger partial charge in [-0.1, -0.05) is 24.4 Å². The molecule has 3 amide bonds. The summed E-state index contributed by atoms with van der Waals surface area (Å²) in [5, 5.41) is 2.63. The standard InChI is InChI=1S/C16H16ClFN2O3/c17-9-5-6-12(18)13(7-9)19-14(21)8-20-15(22)10-3-1-2-4-11(10)16(20)23/h5-7,10-11H,1-4,8H2,(H,19,21)/t10-,11-/m0/s1. The highest BCUT2D eigenvalue weighted by molar-refractivity contribution is 6.30. The van der Waals surface area contributed by atoms with Gasteiger partial charge in [-0.25, -0.2) is 4.39 Å². The summed E-state index contributed by atoms with van der Waals surface area (Å²) in [5.74, 6) is -2.43. The first-order chi connectivity index (χ1) is 11.0. The molecule has 7 heteroatoms. The molecule has 5 nitrogen and oxygen atoms in total. The number of amides is 3. The third-order valence-corrected chi connectivity index (χ3v) is 4.67. The van der Waals surface area contributed by atoms with Crippen molar-refractivity contribution < 1.29 is 18.8 Å². The lowest BCUT2D eigenvalue weighted by Crippen LogP contribution is -2.38. The smallest absolute Gasteiger partial charge is 0.244 e. The third kappa shape index (κ3) is 3.08. The quantitative estimate of drug-likeness (QED) is 0.861. The molecule has 0 spiro atoms. The molecule has 2 fully saturated rings. The average Bonchev–Trinajstić information content (AvgIpc) is 2.76. The number of anilines is 1. The van der Waals surface area contributed by atoms with E-state index in [1.54, 1.807) is 0 Å². The topological polar surface area (TPSA) is 66.5 Å². The first kappa shape index (κ1) is 15.9. The van der Waals surface area contributed by atoms with Gasteiger partial charge in [-0.2, -0.15) is 0 Å². The highest BCUT2D eigenvalue weighted by atomic mass is 35.5. The van der Waals surface area contributed by atoms with Gasteiger partial charge in [-0.15, -0.1) is 0 Å². The number of hydrogen-bond donors (Lipinski definition) is 1. The molecule has 23 heavy (non-hydrogen) atoms. The molecule has 0 aromatic heterocycles. The van der Waals surface area contributed by atoms with Crippen LogP contribution < -0.4 is 5.32 Å². The number of fused-ring (bicyclic) bond motifs is 1. The predicted molar refractivity (Wildman–Crippen MR) is 82.2 cm³/mol. The maximum atomic E-state index is 13.6. The number of likely N-dealkylation sites (tertiary alicyclic amines) is 1. The number of hydrogen-bond acceptors (Lipinski definition) is 3. The van der Waals surface area contributed by atoms with Crippen molar-refractivity contribution in [3.8, 4) is 0 Å². The number of nitrogens with one attached hydrogen (secondary N) is 1. The van der Waals surface area contributed by atoms with Crippen LogP contribution >= 0.6 is 11.6 Å². The van der Waals surface area contributed by atoms with Gasteiger partial charge >= 0.3 is 0 Å². The van der Waals surface area contributed by atoms with E-state index in [1.165, 1.54) is 12.1 Å². The molecular formula is C16H16ClFN2O3. The summed E-state index contributed by atoms with van der Waals surface area (Å²) in [6.45, 7) is -0.392. The van der Waals surface area contributed by atoms with Crippen molar-refractivity contribution in [3.63, 3.8) is 0 Å². The van der Waals surface area contributed by atoms with Gasteiger partial charge in [-0.3, -0.25) is 19.3 Å². The molecule has 0 bridgehead atoms. The number of carbonyl (C=O) groups is 3. The van der Waals surface area contributed by atoms with Crippen molar-refractivity contribution in [2.24, 2.45) is 11.8 Å². The average molecular weight is 339 g/mol. The van der Waals surface area contributed by atoms with Crippen molar-refractivity contribution in [1.29, 1.82) is 0 Å². The lowest BCUT2D eigenvalue weighted by Gasteiger charge is -2.19. The summed E-state index contributed by atoms with van der Waals surface area (Å²) < 4.78 is 13.6. The minimum atomic E-state index is -0.629. The van der Waals surface area contributed by atoms with Crippen LogP contribution in [0, 0.1) is 17.7 Å². The Morgan fingerprint density at radius 2 is 1.83 bits per heavy atom. The van der Waals surface area contributed by atoms with E-state index < -0.39 is 18.3 Å². The van der Waals surface area contributed by atoms with E-state index in [1.807, 2.05) is 0 Å². The van der Waals surface area contributed by atoms with E-state index >= 15 is 0 Å². The highest BCUT2D eigenvalue weighted by Crippen LogP contribution is 2.37. The van der Waals surface area contributed by atoms with Gasteiger partial charge in [0, 0.05) is 5.02 Å². The van der Waals surface area contributed by atoms with E-state index in [0.29, 0.717) is 12.8 Å². The summed E-state index contributed by atoms with van der Waals surface area (Å²) in [6, 6.07) is 3.78. The fraction of sp³-hybridized carbons (Fsp3) is 0.438. The van der Waals surface area contributed by atoms with E-state index in [9.17, 15) is 18.8 Å². The largest absolute Gasteiger partial charge is 0.322 e. The Morgan fingerprint density at radius 1 is 1.22 bits per heavy atom. The Bertz CT molecular complexity index is 655. The fourth-order valence-electron chi connectivity index (χ4n) is 3.31. The number of rotatable bonds is 3. The van der Waals surface area contributed by atoms with Gasteiger partial charge in [0.25, 0.3) is 0 Å². The van der Waals surface area contributed by atoms with Crippen molar-refractivity contribution in [3.05, 3.63) is 29.0 Å². The molecule has 1 N–H and O–H groups in total. The second-order valence-electron chi connectivity index (χ2n) is 5.93. The van der Waals surface area contributed by atoms with Crippen LogP contribution in [0.2, 0.25) is 5.02 Å². The van der Waals surface area contributed by atoms with Gasteiger partial charge in [0.2, 0.25) is 17.7 Å². The molecule has 1 heterocycles. The zero-order chi connectivity index (χ0) is 16.6. The SMILES string of the molecule is O=C(CN1C(=O)[C@H]2CCCC[C@@H]2C1=O)Nc1cc(Cl)ccc1F. The van der Waals surface area contributed by atoms with Gasteiger partial charge in [-0.05, 0) is 31.0 Å². The molecule has 1 saturated carbocycles. The van der Waals surface area contributed by atoms with E-state index in [2.05, 4.69) is 5.32 Å². The summed E-state index contributed by atoms with van der Waals surface area (Å²) in [4.78, 5) is 37.6. The maximum absolute atomic E-state index is 13.6. The highest BCUT2D eigenvalue weighted by Gasteiger charge is 2.48. The second-order valence-corrected chi connectivity index (χ2v) is 6.37. The molecule has 0 unspecified atom stereocenters. The fourth-order valence-corrected chi connectivity index (χ4v) is 3.49. The second kappa shape index (κ2) is 6.28. The van der Waals surface area contributed by atoms with Crippen LogP contribution in [0.5, 0.6) is 0 Å². The Kier molecular flexibility index (Phi) is 4.35. The maximum Gasteiger partial charge on any atom is 0.244 e. The molecule has 1 aliphatic carbocycles. The van der Waals surface area contributed by atoms with E-state index in [4.69, 9.17) is 11.6 Å². The molecular weight excluding hydrogens is 323 g/mol. The van der Waals surface area contributed by atoms with Gasteiger partial charge in [0.1, 0.15) is 12.4 Å². The molecule has 1 saturated heterocycles. The molecule has 1 aliphatic heterocycles. The normalized spacial score (nSPS) is 23.8. The van der Waals surface area contributed by atoms with Crippen LogP contribution in [0.3, 0.4) is 0 Å². The van der Waals surface area contributed by atoms with E-state index in [0.717, 1.165) is 23.8 Å². The van der Waals surface area contributed by atoms with Gasteiger partial charge in [0.05, 0.1) is 17.5 Å². The Balaban J connectivity index is 1.69. The van der Waals surface area contributed by atoms with Crippen LogP contribution in [0.4, 0.5) is 10.1 Å². The minimum absolute atomic E-state index is 0.0704. The van der Waals surface area contributed by atoms with Crippen LogP contribution in [-0.4, -0.2) is 29.2 Å².